The van der Waals surface area contributed by atoms with Gasteiger partial charge in [-0.15, -0.1) is 0 Å². The fourth-order valence-electron chi connectivity index (χ4n) is 4.90. The summed E-state index contributed by atoms with van der Waals surface area (Å²) in [4.78, 5) is 22.5. The zero-order chi connectivity index (χ0) is 24.0. The van der Waals surface area contributed by atoms with Crippen LogP contribution < -0.4 is 9.62 Å². The van der Waals surface area contributed by atoms with E-state index in [4.69, 9.17) is 21.7 Å². The van der Waals surface area contributed by atoms with E-state index in [1.165, 1.54) is 12.1 Å². The fraction of sp³-hybridized carbons (Fsp3) is 0.435. The minimum Gasteiger partial charge on any atom is -0.356 e. The zero-order valence-electron chi connectivity index (χ0n) is 19.1. The van der Waals surface area contributed by atoms with Crippen LogP contribution in [-0.4, -0.2) is 53.5 Å². The molecule has 2 aromatic heterocycles. The van der Waals surface area contributed by atoms with Gasteiger partial charge in [0.2, 0.25) is 10.9 Å². The van der Waals surface area contributed by atoms with Crippen molar-refractivity contribution < 1.29 is 13.2 Å². The molecule has 5 rings (SSSR count). The van der Waals surface area contributed by atoms with Crippen molar-refractivity contribution in [3.63, 3.8) is 0 Å². The van der Waals surface area contributed by atoms with Gasteiger partial charge in [0.1, 0.15) is 5.82 Å². The maximum atomic E-state index is 13.6. The molecular weight excluding hydrogens is 476 g/mol. The molecule has 2 saturated heterocycles. The van der Waals surface area contributed by atoms with Crippen molar-refractivity contribution in [1.29, 1.82) is 0 Å². The Morgan fingerprint density at radius 3 is 2.74 bits per heavy atom. The molecule has 180 valence electrons. The quantitative estimate of drug-likeness (QED) is 0.518. The summed E-state index contributed by atoms with van der Waals surface area (Å²) in [6.07, 6.45) is 4.59. The molecule has 2 aliphatic rings. The molecule has 1 aromatic carbocycles. The summed E-state index contributed by atoms with van der Waals surface area (Å²) in [5.41, 5.74) is 3.04. The number of benzene rings is 1. The molecule has 4 heterocycles. The second kappa shape index (κ2) is 9.07. The number of hydrogen-bond donors (Lipinski definition) is 2. The molecule has 0 unspecified atom stereocenters. The van der Waals surface area contributed by atoms with Crippen LogP contribution in [0.5, 0.6) is 0 Å². The van der Waals surface area contributed by atoms with E-state index in [0.717, 1.165) is 55.1 Å². The van der Waals surface area contributed by atoms with Crippen molar-refractivity contribution in [3.05, 3.63) is 52.3 Å². The topological polar surface area (TPSA) is 99.9 Å². The molecular formula is C23H27ClN6O3S. The SMILES string of the molecule is Cc1cn2nc([C@@H]3CCCCN3C(=O)c3cc(Cl)ccc3N[SH](=O)=O)cc2nc1N1CC(C)C1. The Labute approximate surface area is 204 Å². The van der Waals surface area contributed by atoms with Crippen molar-refractivity contribution in [2.75, 3.05) is 29.3 Å². The van der Waals surface area contributed by atoms with E-state index in [0.29, 0.717) is 17.5 Å². The second-order valence-electron chi connectivity index (χ2n) is 9.20. The summed E-state index contributed by atoms with van der Waals surface area (Å²) in [7, 11) is -2.92. The lowest BCUT2D eigenvalue weighted by Crippen LogP contribution is -2.46. The molecule has 1 N–H and O–H groups in total. The number of aromatic nitrogens is 3. The molecule has 1 amide bonds. The number of thiol groups is 1. The Morgan fingerprint density at radius 1 is 1.21 bits per heavy atom. The molecule has 11 heteroatoms. The van der Waals surface area contributed by atoms with E-state index in [1.807, 2.05) is 19.2 Å². The minimum absolute atomic E-state index is 0.218. The minimum atomic E-state index is -2.92. The Morgan fingerprint density at radius 2 is 2.00 bits per heavy atom. The van der Waals surface area contributed by atoms with Gasteiger partial charge >= 0.3 is 0 Å². The Kier molecular flexibility index (Phi) is 6.11. The van der Waals surface area contributed by atoms with E-state index in [-0.39, 0.29) is 23.2 Å². The molecule has 0 spiro atoms. The summed E-state index contributed by atoms with van der Waals surface area (Å²) < 4.78 is 26.7. The van der Waals surface area contributed by atoms with Gasteiger partial charge in [0.15, 0.2) is 5.65 Å². The lowest BCUT2D eigenvalue weighted by atomic mass is 9.98. The summed E-state index contributed by atoms with van der Waals surface area (Å²) >= 11 is 6.15. The average molecular weight is 503 g/mol. The van der Waals surface area contributed by atoms with Crippen LogP contribution in [0.15, 0.2) is 30.5 Å². The van der Waals surface area contributed by atoms with Gasteiger partial charge in [0.05, 0.1) is 23.0 Å². The van der Waals surface area contributed by atoms with Crippen LogP contribution in [0, 0.1) is 12.8 Å². The van der Waals surface area contributed by atoms with Gasteiger partial charge in [-0.25, -0.2) is 17.9 Å². The lowest BCUT2D eigenvalue weighted by molar-refractivity contribution is 0.0607. The van der Waals surface area contributed by atoms with Gasteiger partial charge < -0.3 is 9.80 Å². The number of hydrogen-bond acceptors (Lipinski definition) is 6. The number of likely N-dealkylation sites (tertiary alicyclic amines) is 1. The first-order valence-electron chi connectivity index (χ1n) is 11.4. The van der Waals surface area contributed by atoms with Crippen molar-refractivity contribution in [3.8, 4) is 0 Å². The number of piperidine rings is 1. The van der Waals surface area contributed by atoms with Crippen LogP contribution in [0.2, 0.25) is 5.02 Å². The maximum absolute atomic E-state index is 13.6. The summed E-state index contributed by atoms with van der Waals surface area (Å²) in [6, 6.07) is 6.29. The van der Waals surface area contributed by atoms with Gasteiger partial charge in [-0.05, 0) is 50.3 Å². The molecule has 2 aliphatic heterocycles. The van der Waals surface area contributed by atoms with Crippen molar-refractivity contribution in [1.82, 2.24) is 19.5 Å². The third-order valence-electron chi connectivity index (χ3n) is 6.52. The maximum Gasteiger partial charge on any atom is 0.256 e. The number of halogens is 1. The normalized spacial score (nSPS) is 19.0. The van der Waals surface area contributed by atoms with Crippen LogP contribution in [0.25, 0.3) is 5.65 Å². The van der Waals surface area contributed by atoms with Crippen LogP contribution >= 0.6 is 11.6 Å². The third kappa shape index (κ3) is 4.32. The van der Waals surface area contributed by atoms with E-state index >= 15 is 0 Å². The number of nitrogens with zero attached hydrogens (tertiary/aromatic N) is 5. The van der Waals surface area contributed by atoms with E-state index < -0.39 is 10.9 Å². The molecule has 9 nitrogen and oxygen atoms in total. The van der Waals surface area contributed by atoms with Crippen molar-refractivity contribution >= 4 is 45.6 Å². The van der Waals surface area contributed by atoms with Gasteiger partial charge in [0.25, 0.3) is 5.91 Å². The molecule has 2 fully saturated rings. The first-order valence-corrected chi connectivity index (χ1v) is 13.0. The van der Waals surface area contributed by atoms with Crippen LogP contribution in [0.3, 0.4) is 0 Å². The zero-order valence-corrected chi connectivity index (χ0v) is 20.7. The standard InChI is InChI=1S/C23H27ClN6O3S/c1-14-11-28(12-14)22-15(2)13-30-21(25-22)10-19(26-30)20-5-3-4-8-29(20)23(31)17-9-16(24)6-7-18(17)27-34(32)33/h6-7,9-10,13-14,20,34H,3-5,8,11-12H2,1-2H3,(H,27,32,33)/t20-/m0/s1. The summed E-state index contributed by atoms with van der Waals surface area (Å²) in [5, 5.41) is 5.14. The number of rotatable bonds is 5. The highest BCUT2D eigenvalue weighted by molar-refractivity contribution is 7.73. The van der Waals surface area contributed by atoms with Crippen LogP contribution in [0.4, 0.5) is 11.5 Å². The first-order chi connectivity index (χ1) is 16.3. The summed E-state index contributed by atoms with van der Waals surface area (Å²) in [6.45, 7) is 6.82. The Balaban J connectivity index is 1.48. The first kappa shape index (κ1) is 22.9. The van der Waals surface area contributed by atoms with Crippen LogP contribution in [0.1, 0.15) is 53.8 Å². The molecule has 0 radical (unpaired) electrons. The van der Waals surface area contributed by atoms with Gasteiger partial charge in [-0.2, -0.15) is 5.10 Å². The molecule has 3 aromatic rings. The second-order valence-corrected chi connectivity index (χ2v) is 10.4. The van der Waals surface area contributed by atoms with Crippen molar-refractivity contribution in [2.45, 2.75) is 39.2 Å². The summed E-state index contributed by atoms with van der Waals surface area (Å²) in [5.74, 6) is 1.38. The van der Waals surface area contributed by atoms with Crippen molar-refractivity contribution in [2.24, 2.45) is 5.92 Å². The number of aryl methyl sites for hydroxylation is 1. The highest BCUT2D eigenvalue weighted by atomic mass is 35.5. The lowest BCUT2D eigenvalue weighted by Gasteiger charge is -2.38. The fourth-order valence-corrected chi connectivity index (χ4v) is 5.46. The highest BCUT2D eigenvalue weighted by Crippen LogP contribution is 2.34. The largest absolute Gasteiger partial charge is 0.356 e. The Bertz CT molecular complexity index is 1330. The molecule has 0 aliphatic carbocycles. The third-order valence-corrected chi connectivity index (χ3v) is 7.18. The Hall–Kier alpha value is -2.85. The number of anilines is 2. The van der Waals surface area contributed by atoms with Gasteiger partial charge in [0, 0.05) is 42.5 Å². The monoisotopic (exact) mass is 502 g/mol. The number of carbonyl (C=O) groups excluding carboxylic acids is 1. The number of amides is 1. The predicted octanol–water partition coefficient (Wildman–Crippen LogP) is 3.45. The number of nitrogens with one attached hydrogen (secondary N) is 1. The van der Waals surface area contributed by atoms with E-state index in [2.05, 4.69) is 16.5 Å². The smallest absolute Gasteiger partial charge is 0.256 e. The highest BCUT2D eigenvalue weighted by Gasteiger charge is 2.32. The number of carbonyl (C=O) groups is 1. The van der Waals surface area contributed by atoms with Crippen LogP contribution in [-0.2, 0) is 10.9 Å². The predicted molar refractivity (Wildman–Crippen MR) is 132 cm³/mol. The van der Waals surface area contributed by atoms with E-state index in [1.54, 1.807) is 15.5 Å². The molecule has 34 heavy (non-hydrogen) atoms. The molecule has 0 bridgehead atoms. The van der Waals surface area contributed by atoms with E-state index in [9.17, 15) is 13.2 Å². The average Bonchev–Trinajstić information content (AvgIpc) is 3.19. The van der Waals surface area contributed by atoms with Gasteiger partial charge in [-0.1, -0.05) is 18.5 Å². The molecule has 0 saturated carbocycles. The molecule has 1 atom stereocenters. The number of fused-ring (bicyclic) bond motifs is 1. The van der Waals surface area contributed by atoms with Gasteiger partial charge in [-0.3, -0.25) is 9.52 Å².